The molecule has 0 radical (unpaired) electrons. The first-order valence-electron chi connectivity index (χ1n) is 6.65. The van der Waals surface area contributed by atoms with E-state index in [0.717, 1.165) is 23.8 Å². The van der Waals surface area contributed by atoms with Crippen molar-refractivity contribution in [1.82, 2.24) is 0 Å². The van der Waals surface area contributed by atoms with Gasteiger partial charge < -0.3 is 15.2 Å². The van der Waals surface area contributed by atoms with E-state index in [1.807, 2.05) is 6.07 Å². The van der Waals surface area contributed by atoms with Crippen LogP contribution in [0.15, 0.2) is 30.3 Å². The third-order valence-electron chi connectivity index (χ3n) is 3.59. The molecule has 110 valence electrons. The Labute approximate surface area is 121 Å². The molecule has 3 nitrogen and oxygen atoms in total. The van der Waals surface area contributed by atoms with Gasteiger partial charge in [-0.1, -0.05) is 0 Å². The minimum atomic E-state index is -0.508. The van der Waals surface area contributed by atoms with Crippen LogP contribution in [-0.4, -0.2) is 19.8 Å². The molecular formula is C16H15F2NO2. The molecule has 0 amide bonds. The topological polar surface area (TPSA) is 44.5 Å². The van der Waals surface area contributed by atoms with Crippen molar-refractivity contribution < 1.29 is 18.3 Å². The first kappa shape index (κ1) is 13.8. The van der Waals surface area contributed by atoms with Crippen molar-refractivity contribution in [3.8, 4) is 22.6 Å². The summed E-state index contributed by atoms with van der Waals surface area (Å²) in [6.45, 7) is 0.363. The van der Waals surface area contributed by atoms with Crippen LogP contribution in [0, 0.1) is 11.6 Å². The standard InChI is InChI=1S/C16H15F2NO2/c1-20-11-4-9-5-12(8-19)21-16(9)14(7-11)13-6-10(17)2-3-15(13)18/h2-4,6-7,12H,5,8,19H2,1H3. The number of benzene rings is 2. The monoisotopic (exact) mass is 291 g/mol. The van der Waals surface area contributed by atoms with E-state index in [-0.39, 0.29) is 11.7 Å². The lowest BCUT2D eigenvalue weighted by Crippen LogP contribution is -2.24. The molecule has 0 saturated heterocycles. The Kier molecular flexibility index (Phi) is 3.51. The summed E-state index contributed by atoms with van der Waals surface area (Å²) in [4.78, 5) is 0. The molecule has 0 aromatic heterocycles. The highest BCUT2D eigenvalue weighted by Gasteiger charge is 2.27. The molecule has 0 saturated carbocycles. The SMILES string of the molecule is COc1cc2c(c(-c3cc(F)ccc3F)c1)OC(CN)C2. The summed E-state index contributed by atoms with van der Waals surface area (Å²) >= 11 is 0. The number of ether oxygens (including phenoxy) is 2. The first-order valence-corrected chi connectivity index (χ1v) is 6.65. The van der Waals surface area contributed by atoms with E-state index in [1.165, 1.54) is 7.11 Å². The van der Waals surface area contributed by atoms with Crippen LogP contribution < -0.4 is 15.2 Å². The van der Waals surface area contributed by atoms with Gasteiger partial charge in [0.1, 0.15) is 29.2 Å². The van der Waals surface area contributed by atoms with E-state index < -0.39 is 11.6 Å². The molecule has 1 atom stereocenters. The fourth-order valence-electron chi connectivity index (χ4n) is 2.56. The van der Waals surface area contributed by atoms with Crippen LogP contribution in [0.25, 0.3) is 11.1 Å². The van der Waals surface area contributed by atoms with Crippen molar-refractivity contribution in [1.29, 1.82) is 0 Å². The summed E-state index contributed by atoms with van der Waals surface area (Å²) < 4.78 is 38.5. The Bertz CT molecular complexity index is 688. The van der Waals surface area contributed by atoms with Crippen LogP contribution in [0.4, 0.5) is 8.78 Å². The van der Waals surface area contributed by atoms with Crippen LogP contribution in [0.1, 0.15) is 5.56 Å². The smallest absolute Gasteiger partial charge is 0.131 e. The summed E-state index contributed by atoms with van der Waals surface area (Å²) in [5.74, 6) is 0.118. The Hall–Kier alpha value is -2.14. The predicted octanol–water partition coefficient (Wildman–Crippen LogP) is 2.90. The van der Waals surface area contributed by atoms with Crippen LogP contribution in [0.3, 0.4) is 0 Å². The fraction of sp³-hybridized carbons (Fsp3) is 0.250. The average Bonchev–Trinajstić information content (AvgIpc) is 2.91. The molecule has 1 aliphatic rings. The highest BCUT2D eigenvalue weighted by molar-refractivity contribution is 5.75. The highest BCUT2D eigenvalue weighted by atomic mass is 19.1. The maximum atomic E-state index is 14.1. The average molecular weight is 291 g/mol. The summed E-state index contributed by atoms with van der Waals surface area (Å²) in [5.41, 5.74) is 7.17. The van der Waals surface area contributed by atoms with E-state index in [1.54, 1.807) is 6.07 Å². The molecular weight excluding hydrogens is 276 g/mol. The molecule has 2 aromatic carbocycles. The van der Waals surface area contributed by atoms with Gasteiger partial charge in [0.15, 0.2) is 0 Å². The van der Waals surface area contributed by atoms with Gasteiger partial charge in [0.2, 0.25) is 0 Å². The number of hydrogen-bond donors (Lipinski definition) is 1. The number of halogens is 2. The van der Waals surface area contributed by atoms with E-state index in [2.05, 4.69) is 0 Å². The van der Waals surface area contributed by atoms with Gasteiger partial charge in [0, 0.05) is 29.7 Å². The number of methoxy groups -OCH3 is 1. The second-order valence-electron chi connectivity index (χ2n) is 4.97. The van der Waals surface area contributed by atoms with Crippen molar-refractivity contribution in [3.05, 3.63) is 47.5 Å². The normalized spacial score (nSPS) is 16.5. The summed E-state index contributed by atoms with van der Waals surface area (Å²) in [6.07, 6.45) is 0.481. The van der Waals surface area contributed by atoms with Gasteiger partial charge >= 0.3 is 0 Å². The molecule has 1 unspecified atom stereocenters. The lowest BCUT2D eigenvalue weighted by atomic mass is 9.99. The lowest BCUT2D eigenvalue weighted by molar-refractivity contribution is 0.242. The molecule has 2 aromatic rings. The van der Waals surface area contributed by atoms with Crippen LogP contribution >= 0.6 is 0 Å². The Morgan fingerprint density at radius 2 is 2.05 bits per heavy atom. The highest BCUT2D eigenvalue weighted by Crippen LogP contribution is 2.42. The van der Waals surface area contributed by atoms with Crippen LogP contribution in [0.2, 0.25) is 0 Å². The third-order valence-corrected chi connectivity index (χ3v) is 3.59. The second kappa shape index (κ2) is 5.33. The van der Waals surface area contributed by atoms with Gasteiger partial charge in [-0.15, -0.1) is 0 Å². The molecule has 0 fully saturated rings. The molecule has 1 aliphatic heterocycles. The molecule has 0 spiro atoms. The fourth-order valence-corrected chi connectivity index (χ4v) is 2.56. The zero-order chi connectivity index (χ0) is 15.0. The van der Waals surface area contributed by atoms with E-state index in [4.69, 9.17) is 15.2 Å². The molecule has 2 N–H and O–H groups in total. The van der Waals surface area contributed by atoms with Crippen molar-refractivity contribution >= 4 is 0 Å². The van der Waals surface area contributed by atoms with Gasteiger partial charge in [0.05, 0.1) is 7.11 Å². The van der Waals surface area contributed by atoms with Gasteiger partial charge in [0.25, 0.3) is 0 Å². The van der Waals surface area contributed by atoms with Crippen molar-refractivity contribution in [3.63, 3.8) is 0 Å². The molecule has 3 rings (SSSR count). The van der Waals surface area contributed by atoms with Crippen LogP contribution in [0.5, 0.6) is 11.5 Å². The summed E-state index contributed by atoms with van der Waals surface area (Å²) in [7, 11) is 1.53. The second-order valence-corrected chi connectivity index (χ2v) is 4.97. The number of fused-ring (bicyclic) bond motifs is 1. The Balaban J connectivity index is 2.19. The van der Waals surface area contributed by atoms with E-state index in [9.17, 15) is 8.78 Å². The Morgan fingerprint density at radius 1 is 1.24 bits per heavy atom. The maximum Gasteiger partial charge on any atom is 0.131 e. The van der Waals surface area contributed by atoms with E-state index in [0.29, 0.717) is 30.0 Å². The number of nitrogens with two attached hydrogens (primary N) is 1. The quantitative estimate of drug-likeness (QED) is 0.945. The Morgan fingerprint density at radius 3 is 2.76 bits per heavy atom. The molecule has 1 heterocycles. The van der Waals surface area contributed by atoms with Crippen molar-refractivity contribution in [2.24, 2.45) is 5.73 Å². The zero-order valence-electron chi connectivity index (χ0n) is 11.5. The summed E-state index contributed by atoms with van der Waals surface area (Å²) in [6, 6.07) is 6.83. The predicted molar refractivity (Wildman–Crippen MR) is 75.5 cm³/mol. The number of rotatable bonds is 3. The van der Waals surface area contributed by atoms with Gasteiger partial charge in [-0.05, 0) is 30.3 Å². The third kappa shape index (κ3) is 2.45. The van der Waals surface area contributed by atoms with E-state index >= 15 is 0 Å². The molecule has 21 heavy (non-hydrogen) atoms. The maximum absolute atomic E-state index is 14.1. The van der Waals surface area contributed by atoms with Crippen molar-refractivity contribution in [2.45, 2.75) is 12.5 Å². The van der Waals surface area contributed by atoms with Crippen LogP contribution in [-0.2, 0) is 6.42 Å². The minimum Gasteiger partial charge on any atom is -0.497 e. The first-order chi connectivity index (χ1) is 10.1. The lowest BCUT2D eigenvalue weighted by Gasteiger charge is -2.13. The molecule has 0 aliphatic carbocycles. The molecule has 0 bridgehead atoms. The molecule has 5 heteroatoms. The largest absolute Gasteiger partial charge is 0.497 e. The zero-order valence-corrected chi connectivity index (χ0v) is 11.5. The number of hydrogen-bond acceptors (Lipinski definition) is 3. The minimum absolute atomic E-state index is 0.150. The van der Waals surface area contributed by atoms with Gasteiger partial charge in [-0.25, -0.2) is 8.78 Å². The van der Waals surface area contributed by atoms with Gasteiger partial charge in [-0.3, -0.25) is 0 Å². The van der Waals surface area contributed by atoms with Gasteiger partial charge in [-0.2, -0.15) is 0 Å². The summed E-state index contributed by atoms with van der Waals surface area (Å²) in [5, 5.41) is 0. The van der Waals surface area contributed by atoms with Crippen molar-refractivity contribution in [2.75, 3.05) is 13.7 Å².